The van der Waals surface area contributed by atoms with E-state index in [0.717, 1.165) is 5.56 Å². The number of nitrogens with one attached hydrogen (secondary N) is 1. The van der Waals surface area contributed by atoms with E-state index in [-0.39, 0.29) is 23.0 Å². The zero-order valence-corrected chi connectivity index (χ0v) is 16.6. The average molecular weight is 405 g/mol. The summed E-state index contributed by atoms with van der Waals surface area (Å²) in [5, 5.41) is 2.81. The van der Waals surface area contributed by atoms with E-state index in [9.17, 15) is 18.0 Å². The molecule has 1 aromatic heterocycles. The molecule has 8 nitrogen and oxygen atoms in total. The first-order valence-corrected chi connectivity index (χ1v) is 10.4. The van der Waals surface area contributed by atoms with Crippen molar-refractivity contribution in [3.63, 3.8) is 0 Å². The van der Waals surface area contributed by atoms with E-state index in [1.165, 1.54) is 28.2 Å². The van der Waals surface area contributed by atoms with Crippen LogP contribution in [-0.2, 0) is 33.1 Å². The second-order valence-corrected chi connectivity index (χ2v) is 8.53. The normalized spacial score (nSPS) is 17.4. The highest BCUT2D eigenvalue weighted by atomic mass is 32.2. The molecule has 1 atom stereocenters. The number of esters is 1. The molecule has 0 aliphatic carbocycles. The Morgan fingerprint density at radius 3 is 2.64 bits per heavy atom. The lowest BCUT2D eigenvalue weighted by atomic mass is 10.2. The van der Waals surface area contributed by atoms with Crippen molar-refractivity contribution in [3.05, 3.63) is 53.9 Å². The van der Waals surface area contributed by atoms with Crippen LogP contribution >= 0.6 is 0 Å². The fourth-order valence-corrected chi connectivity index (χ4v) is 5.04. The van der Waals surface area contributed by atoms with Gasteiger partial charge in [0.2, 0.25) is 15.9 Å². The lowest BCUT2D eigenvalue weighted by molar-refractivity contribution is -0.124. The summed E-state index contributed by atoms with van der Waals surface area (Å²) in [6.45, 7) is 0.593. The van der Waals surface area contributed by atoms with Crippen LogP contribution in [0.1, 0.15) is 28.9 Å². The highest BCUT2D eigenvalue weighted by Crippen LogP contribution is 2.27. The van der Waals surface area contributed by atoms with Gasteiger partial charge in [-0.05, 0) is 24.5 Å². The van der Waals surface area contributed by atoms with Crippen LogP contribution in [0, 0.1) is 0 Å². The standard InChI is InChI=1S/C19H23N3O5S/c1-21-13-15(11-17(21)19(24)27-2)28(25,26)22-10-6-9-16(22)18(23)20-12-14-7-4-3-5-8-14/h3-5,7-8,11,13,16H,6,9-10,12H2,1-2H3,(H,20,23)/t16-/m0/s1. The van der Waals surface area contributed by atoms with Gasteiger partial charge in [0.15, 0.2) is 0 Å². The summed E-state index contributed by atoms with van der Waals surface area (Å²) in [6, 6.07) is 9.93. The number of aryl methyl sites for hydroxylation is 1. The van der Waals surface area contributed by atoms with E-state index in [0.29, 0.717) is 19.4 Å². The molecule has 1 amide bonds. The number of ether oxygens (including phenoxy) is 1. The summed E-state index contributed by atoms with van der Waals surface area (Å²) >= 11 is 0. The topological polar surface area (TPSA) is 97.7 Å². The molecule has 0 unspecified atom stereocenters. The molecular formula is C19H23N3O5S. The van der Waals surface area contributed by atoms with Gasteiger partial charge in [0.25, 0.3) is 0 Å². The minimum absolute atomic E-state index is 0.0295. The van der Waals surface area contributed by atoms with Crippen molar-refractivity contribution in [2.45, 2.75) is 30.3 Å². The molecule has 1 saturated heterocycles. The largest absolute Gasteiger partial charge is 0.464 e. The first-order valence-electron chi connectivity index (χ1n) is 8.92. The van der Waals surface area contributed by atoms with Crippen molar-refractivity contribution >= 4 is 21.9 Å². The van der Waals surface area contributed by atoms with Crippen LogP contribution in [-0.4, -0.2) is 48.9 Å². The molecule has 1 aliphatic heterocycles. The Kier molecular flexibility index (Phi) is 5.85. The highest BCUT2D eigenvalue weighted by molar-refractivity contribution is 7.89. The molecule has 3 rings (SSSR count). The number of sulfonamides is 1. The van der Waals surface area contributed by atoms with Crippen molar-refractivity contribution in [1.29, 1.82) is 0 Å². The summed E-state index contributed by atoms with van der Waals surface area (Å²) < 4.78 is 33.4. The minimum Gasteiger partial charge on any atom is -0.464 e. The molecule has 1 aromatic carbocycles. The van der Waals surface area contributed by atoms with Crippen LogP contribution in [0.15, 0.2) is 47.5 Å². The second-order valence-electron chi connectivity index (χ2n) is 6.64. The monoisotopic (exact) mass is 405 g/mol. The molecule has 0 spiro atoms. The number of amides is 1. The number of hydrogen-bond acceptors (Lipinski definition) is 5. The Bertz CT molecular complexity index is 969. The van der Waals surface area contributed by atoms with Gasteiger partial charge in [-0.2, -0.15) is 4.31 Å². The fraction of sp³-hybridized carbons (Fsp3) is 0.368. The van der Waals surface area contributed by atoms with Gasteiger partial charge in [-0.15, -0.1) is 0 Å². The van der Waals surface area contributed by atoms with Crippen LogP contribution in [0.25, 0.3) is 0 Å². The van der Waals surface area contributed by atoms with Crippen molar-refractivity contribution < 1.29 is 22.7 Å². The predicted octanol–water partition coefficient (Wildman–Crippen LogP) is 1.28. The second kappa shape index (κ2) is 8.15. The molecule has 1 fully saturated rings. The average Bonchev–Trinajstić information content (AvgIpc) is 3.34. The number of hydrogen-bond donors (Lipinski definition) is 1. The van der Waals surface area contributed by atoms with Gasteiger partial charge < -0.3 is 14.6 Å². The van der Waals surface area contributed by atoms with Gasteiger partial charge in [0, 0.05) is 26.3 Å². The molecule has 9 heteroatoms. The van der Waals surface area contributed by atoms with Crippen LogP contribution in [0.5, 0.6) is 0 Å². The maximum Gasteiger partial charge on any atom is 0.354 e. The maximum atomic E-state index is 13.1. The fourth-order valence-electron chi connectivity index (χ4n) is 3.31. The lowest BCUT2D eigenvalue weighted by Crippen LogP contribution is -2.45. The van der Waals surface area contributed by atoms with E-state index < -0.39 is 22.0 Å². The summed E-state index contributed by atoms with van der Waals surface area (Å²) in [5.41, 5.74) is 1.07. The lowest BCUT2D eigenvalue weighted by Gasteiger charge is -2.22. The molecular weight excluding hydrogens is 382 g/mol. The first kappa shape index (κ1) is 20.1. The third-order valence-corrected chi connectivity index (χ3v) is 6.67. The number of aromatic nitrogens is 1. The zero-order valence-electron chi connectivity index (χ0n) is 15.8. The number of carbonyl (C=O) groups is 2. The smallest absolute Gasteiger partial charge is 0.354 e. The van der Waals surface area contributed by atoms with Gasteiger partial charge in [0.05, 0.1) is 7.11 Å². The third-order valence-electron chi connectivity index (χ3n) is 4.80. The van der Waals surface area contributed by atoms with Crippen molar-refractivity contribution in [2.75, 3.05) is 13.7 Å². The Balaban J connectivity index is 1.77. The van der Waals surface area contributed by atoms with E-state index >= 15 is 0 Å². The van der Waals surface area contributed by atoms with Gasteiger partial charge in [-0.1, -0.05) is 30.3 Å². The van der Waals surface area contributed by atoms with Crippen molar-refractivity contribution in [3.8, 4) is 0 Å². The van der Waals surface area contributed by atoms with E-state index in [4.69, 9.17) is 0 Å². The molecule has 0 bridgehead atoms. The van der Waals surface area contributed by atoms with E-state index in [1.807, 2.05) is 30.3 Å². The van der Waals surface area contributed by atoms with Crippen LogP contribution in [0.3, 0.4) is 0 Å². The van der Waals surface area contributed by atoms with Crippen LogP contribution in [0.2, 0.25) is 0 Å². The third kappa shape index (κ3) is 3.95. The highest BCUT2D eigenvalue weighted by Gasteiger charge is 2.40. The number of carbonyl (C=O) groups excluding carboxylic acids is 2. The SMILES string of the molecule is COC(=O)c1cc(S(=O)(=O)N2CCC[C@H]2C(=O)NCc2ccccc2)cn1C. The van der Waals surface area contributed by atoms with Crippen molar-refractivity contribution in [2.24, 2.45) is 7.05 Å². The Hall–Kier alpha value is -2.65. The Morgan fingerprint density at radius 2 is 1.96 bits per heavy atom. The molecule has 1 aliphatic rings. The summed E-state index contributed by atoms with van der Waals surface area (Å²) in [4.78, 5) is 24.4. The number of benzene rings is 1. The van der Waals surface area contributed by atoms with Crippen LogP contribution in [0.4, 0.5) is 0 Å². The Labute approximate surface area is 164 Å². The molecule has 2 aromatic rings. The molecule has 28 heavy (non-hydrogen) atoms. The summed E-state index contributed by atoms with van der Waals surface area (Å²) in [6.07, 6.45) is 2.41. The Morgan fingerprint density at radius 1 is 1.25 bits per heavy atom. The molecule has 0 saturated carbocycles. The molecule has 0 radical (unpaired) electrons. The van der Waals surface area contributed by atoms with E-state index in [1.54, 1.807) is 7.05 Å². The zero-order chi connectivity index (χ0) is 20.3. The quantitative estimate of drug-likeness (QED) is 0.730. The minimum atomic E-state index is -3.92. The maximum absolute atomic E-state index is 13.1. The molecule has 150 valence electrons. The summed E-state index contributed by atoms with van der Waals surface area (Å²) in [5.74, 6) is -0.948. The van der Waals surface area contributed by atoms with Crippen LogP contribution < -0.4 is 5.32 Å². The first-order chi connectivity index (χ1) is 13.3. The predicted molar refractivity (Wildman–Crippen MR) is 102 cm³/mol. The van der Waals surface area contributed by atoms with Gasteiger partial charge in [-0.25, -0.2) is 13.2 Å². The van der Waals surface area contributed by atoms with Gasteiger partial charge in [0.1, 0.15) is 16.6 Å². The molecule has 2 heterocycles. The number of rotatable bonds is 6. The summed E-state index contributed by atoms with van der Waals surface area (Å²) in [7, 11) is -1.11. The van der Waals surface area contributed by atoms with E-state index in [2.05, 4.69) is 10.1 Å². The number of methoxy groups -OCH3 is 1. The number of nitrogens with zero attached hydrogens (tertiary/aromatic N) is 2. The van der Waals surface area contributed by atoms with Gasteiger partial charge >= 0.3 is 5.97 Å². The van der Waals surface area contributed by atoms with Gasteiger partial charge in [-0.3, -0.25) is 4.79 Å². The molecule has 1 N–H and O–H groups in total. The van der Waals surface area contributed by atoms with Crippen molar-refractivity contribution in [1.82, 2.24) is 14.2 Å².